The van der Waals surface area contributed by atoms with Crippen LogP contribution in [-0.2, 0) is 0 Å². The zero-order chi connectivity index (χ0) is 13.9. The molecule has 3 N–H and O–H groups in total. The van der Waals surface area contributed by atoms with Crippen molar-refractivity contribution in [1.82, 2.24) is 9.97 Å². The molecule has 19 heavy (non-hydrogen) atoms. The van der Waals surface area contributed by atoms with Gasteiger partial charge in [-0.15, -0.1) is 0 Å². The Labute approximate surface area is 114 Å². The molecule has 1 aromatic rings. The van der Waals surface area contributed by atoms with E-state index in [1.807, 2.05) is 6.92 Å². The molecule has 1 aliphatic rings. The molecule has 2 rings (SSSR count). The minimum atomic E-state index is -0.226. The molecule has 0 bridgehead atoms. The number of nitrogens with zero attached hydrogens (tertiary/aromatic N) is 2. The first kappa shape index (κ1) is 14.1. The van der Waals surface area contributed by atoms with E-state index in [0.29, 0.717) is 5.95 Å². The third kappa shape index (κ3) is 3.15. The van der Waals surface area contributed by atoms with E-state index in [1.165, 1.54) is 0 Å². The van der Waals surface area contributed by atoms with Gasteiger partial charge in [-0.05, 0) is 38.5 Å². The molecule has 0 aliphatic heterocycles. The highest BCUT2D eigenvalue weighted by atomic mass is 16.3. The number of rotatable bonds is 4. The summed E-state index contributed by atoms with van der Waals surface area (Å²) >= 11 is 0. The third-order valence-corrected chi connectivity index (χ3v) is 4.11. The van der Waals surface area contributed by atoms with Crippen LogP contribution >= 0.6 is 0 Å². The Morgan fingerprint density at radius 3 is 2.68 bits per heavy atom. The van der Waals surface area contributed by atoms with E-state index in [4.69, 9.17) is 0 Å². The van der Waals surface area contributed by atoms with Gasteiger partial charge in [-0.3, -0.25) is 0 Å². The molecule has 1 aromatic heterocycles. The summed E-state index contributed by atoms with van der Waals surface area (Å²) in [5.74, 6) is 2.18. The van der Waals surface area contributed by atoms with Gasteiger partial charge in [0.2, 0.25) is 5.95 Å². The highest BCUT2D eigenvalue weighted by molar-refractivity contribution is 5.48. The van der Waals surface area contributed by atoms with Crippen molar-refractivity contribution < 1.29 is 5.11 Å². The van der Waals surface area contributed by atoms with Crippen molar-refractivity contribution in [1.29, 1.82) is 0 Å². The summed E-state index contributed by atoms with van der Waals surface area (Å²) in [5.41, 5.74) is 0.779. The molecule has 1 saturated carbocycles. The standard InChI is InChI=1S/C14H24N4O/c1-10-4-6-14(9-19,7-5-10)18-12-11(2)8-16-13(15-3)17-12/h8,10,19H,4-7,9H2,1-3H3,(H2,15,16,17,18). The average Bonchev–Trinajstić information content (AvgIpc) is 2.44. The maximum absolute atomic E-state index is 9.78. The van der Waals surface area contributed by atoms with Gasteiger partial charge in [-0.25, -0.2) is 4.98 Å². The Kier molecular flexibility index (Phi) is 4.24. The normalized spacial score (nSPS) is 27.1. The summed E-state index contributed by atoms with van der Waals surface area (Å²) in [4.78, 5) is 8.64. The van der Waals surface area contributed by atoms with Crippen LogP contribution < -0.4 is 10.6 Å². The average molecular weight is 264 g/mol. The van der Waals surface area contributed by atoms with Gasteiger partial charge in [0.1, 0.15) is 5.82 Å². The Morgan fingerprint density at radius 2 is 2.11 bits per heavy atom. The van der Waals surface area contributed by atoms with Gasteiger partial charge in [0.15, 0.2) is 0 Å². The first-order chi connectivity index (χ1) is 9.08. The minimum absolute atomic E-state index is 0.151. The lowest BCUT2D eigenvalue weighted by Crippen LogP contribution is -2.45. The summed E-state index contributed by atoms with van der Waals surface area (Å²) in [6, 6.07) is 0. The maximum Gasteiger partial charge on any atom is 0.224 e. The lowest BCUT2D eigenvalue weighted by molar-refractivity contribution is 0.155. The van der Waals surface area contributed by atoms with E-state index in [1.54, 1.807) is 13.2 Å². The number of hydrogen-bond donors (Lipinski definition) is 3. The van der Waals surface area contributed by atoms with Crippen molar-refractivity contribution in [2.45, 2.75) is 45.1 Å². The van der Waals surface area contributed by atoms with Crippen LogP contribution in [0, 0.1) is 12.8 Å². The van der Waals surface area contributed by atoms with Crippen LogP contribution in [0.1, 0.15) is 38.2 Å². The molecule has 0 radical (unpaired) electrons. The van der Waals surface area contributed by atoms with E-state index in [-0.39, 0.29) is 12.1 Å². The molecule has 1 aliphatic carbocycles. The van der Waals surface area contributed by atoms with Gasteiger partial charge >= 0.3 is 0 Å². The second kappa shape index (κ2) is 5.74. The molecule has 5 heteroatoms. The number of nitrogens with one attached hydrogen (secondary N) is 2. The van der Waals surface area contributed by atoms with Crippen molar-refractivity contribution in [3.8, 4) is 0 Å². The van der Waals surface area contributed by atoms with Crippen LogP contribution in [0.5, 0.6) is 0 Å². The fourth-order valence-corrected chi connectivity index (χ4v) is 2.58. The molecule has 106 valence electrons. The van der Waals surface area contributed by atoms with Gasteiger partial charge in [0.05, 0.1) is 12.1 Å². The summed E-state index contributed by atoms with van der Waals surface area (Å²) in [6.07, 6.45) is 6.08. The molecule has 0 spiro atoms. The Morgan fingerprint density at radius 1 is 1.42 bits per heavy atom. The number of aromatic nitrogens is 2. The highest BCUT2D eigenvalue weighted by Crippen LogP contribution is 2.34. The summed E-state index contributed by atoms with van der Waals surface area (Å²) < 4.78 is 0. The van der Waals surface area contributed by atoms with E-state index < -0.39 is 0 Å². The van der Waals surface area contributed by atoms with Gasteiger partial charge in [-0.2, -0.15) is 4.98 Å². The smallest absolute Gasteiger partial charge is 0.224 e. The van der Waals surface area contributed by atoms with Gasteiger partial charge in [-0.1, -0.05) is 6.92 Å². The van der Waals surface area contributed by atoms with Crippen molar-refractivity contribution in [2.75, 3.05) is 24.3 Å². The van der Waals surface area contributed by atoms with Crippen LogP contribution in [0.25, 0.3) is 0 Å². The second-order valence-electron chi connectivity index (χ2n) is 5.72. The number of anilines is 2. The number of aliphatic hydroxyl groups excluding tert-OH is 1. The van der Waals surface area contributed by atoms with E-state index in [2.05, 4.69) is 27.5 Å². The zero-order valence-corrected chi connectivity index (χ0v) is 12.0. The quantitative estimate of drug-likeness (QED) is 0.777. The lowest BCUT2D eigenvalue weighted by Gasteiger charge is -2.39. The highest BCUT2D eigenvalue weighted by Gasteiger charge is 2.34. The molecule has 0 atom stereocenters. The number of aliphatic hydroxyl groups is 1. The van der Waals surface area contributed by atoms with E-state index in [9.17, 15) is 5.11 Å². The lowest BCUT2D eigenvalue weighted by atomic mass is 9.77. The first-order valence-electron chi connectivity index (χ1n) is 6.99. The van der Waals surface area contributed by atoms with Gasteiger partial charge in [0.25, 0.3) is 0 Å². The van der Waals surface area contributed by atoms with Crippen molar-refractivity contribution in [3.05, 3.63) is 11.8 Å². The molecule has 0 saturated heterocycles. The minimum Gasteiger partial charge on any atom is -0.394 e. The maximum atomic E-state index is 9.78. The number of aryl methyl sites for hydroxylation is 1. The SMILES string of the molecule is CNc1ncc(C)c(NC2(CO)CCC(C)CC2)n1. The van der Waals surface area contributed by atoms with Crippen molar-refractivity contribution in [2.24, 2.45) is 5.92 Å². The molecular weight excluding hydrogens is 240 g/mol. The van der Waals surface area contributed by atoms with Crippen molar-refractivity contribution in [3.63, 3.8) is 0 Å². The molecule has 0 aromatic carbocycles. The zero-order valence-electron chi connectivity index (χ0n) is 12.0. The Balaban J connectivity index is 2.18. The van der Waals surface area contributed by atoms with Gasteiger partial charge in [0, 0.05) is 18.8 Å². The molecule has 5 nitrogen and oxygen atoms in total. The predicted molar refractivity (Wildman–Crippen MR) is 77.4 cm³/mol. The fourth-order valence-electron chi connectivity index (χ4n) is 2.58. The summed E-state index contributed by atoms with van der Waals surface area (Å²) in [5, 5.41) is 16.2. The van der Waals surface area contributed by atoms with E-state index >= 15 is 0 Å². The van der Waals surface area contributed by atoms with Crippen LogP contribution in [0.15, 0.2) is 6.20 Å². The largest absolute Gasteiger partial charge is 0.394 e. The summed E-state index contributed by atoms with van der Waals surface area (Å²) in [6.45, 7) is 4.41. The molecule has 1 heterocycles. The third-order valence-electron chi connectivity index (χ3n) is 4.11. The first-order valence-corrected chi connectivity index (χ1v) is 6.99. The molecular formula is C14H24N4O. The molecule has 0 amide bonds. The molecule has 1 fully saturated rings. The monoisotopic (exact) mass is 264 g/mol. The summed E-state index contributed by atoms with van der Waals surface area (Å²) in [7, 11) is 1.80. The van der Waals surface area contributed by atoms with Crippen LogP contribution in [0.4, 0.5) is 11.8 Å². The van der Waals surface area contributed by atoms with Gasteiger partial charge < -0.3 is 15.7 Å². The Hall–Kier alpha value is -1.36. The van der Waals surface area contributed by atoms with Crippen molar-refractivity contribution >= 4 is 11.8 Å². The van der Waals surface area contributed by atoms with Crippen LogP contribution in [0.3, 0.4) is 0 Å². The Bertz CT molecular complexity index is 427. The van der Waals surface area contributed by atoms with Crippen LogP contribution in [0.2, 0.25) is 0 Å². The molecule has 0 unspecified atom stereocenters. The predicted octanol–water partition coefficient (Wildman–Crippen LogP) is 2.18. The fraction of sp³-hybridized carbons (Fsp3) is 0.714. The topological polar surface area (TPSA) is 70.1 Å². The second-order valence-corrected chi connectivity index (χ2v) is 5.72. The van der Waals surface area contributed by atoms with E-state index in [0.717, 1.165) is 43.0 Å². The van der Waals surface area contributed by atoms with Crippen LogP contribution in [-0.4, -0.2) is 34.3 Å². The number of hydrogen-bond acceptors (Lipinski definition) is 5.